The lowest BCUT2D eigenvalue weighted by atomic mass is 10.0. The molecule has 21 heavy (non-hydrogen) atoms. The number of nitrogens with one attached hydrogen (secondary N) is 1. The molecule has 0 radical (unpaired) electrons. The maximum atomic E-state index is 12.4. The van der Waals surface area contributed by atoms with Crippen LogP contribution in [0.4, 0.5) is 0 Å². The molecule has 1 aliphatic carbocycles. The van der Waals surface area contributed by atoms with E-state index in [1.54, 1.807) is 12.1 Å². The molecule has 0 heterocycles. The molecule has 3 N–H and O–H groups in total. The summed E-state index contributed by atoms with van der Waals surface area (Å²) in [6, 6.07) is 5.37. The molecule has 0 aliphatic heterocycles. The highest BCUT2D eigenvalue weighted by atomic mass is 35.5. The van der Waals surface area contributed by atoms with Crippen molar-refractivity contribution in [2.75, 3.05) is 14.1 Å². The van der Waals surface area contributed by atoms with E-state index in [4.69, 9.17) is 23.0 Å². The fraction of sp³-hybridized carbons (Fsp3) is 0.429. The highest BCUT2D eigenvalue weighted by Gasteiger charge is 2.47. The molecule has 1 aliphatic rings. The molecule has 112 valence electrons. The average Bonchev–Trinajstić information content (AvgIpc) is 3.21. The van der Waals surface area contributed by atoms with Crippen molar-refractivity contribution >= 4 is 23.2 Å². The van der Waals surface area contributed by atoms with Crippen molar-refractivity contribution in [3.8, 4) is 0 Å². The first-order chi connectivity index (χ1) is 9.97. The number of Topliss-reactive ketones (excluding diaryl/α,β-unsaturated/α-hetero) is 1. The van der Waals surface area contributed by atoms with Gasteiger partial charge in [0.15, 0.2) is 11.6 Å². The van der Waals surface area contributed by atoms with Gasteiger partial charge in [0.05, 0.1) is 0 Å². The Bertz CT molecular complexity index is 599. The van der Waals surface area contributed by atoms with Crippen LogP contribution in [0.3, 0.4) is 0 Å². The quantitative estimate of drug-likeness (QED) is 0.218. The standard InChI is InChI=1S/C14H18ClN5O/c1-20(2)7-9-4-3-8(5-12(9)15)13(21)10-6-11(10)14(18-16)19-17/h3-5,10-11,16H,6-7,17H2,1-2H3/b18-16?,19-14-/t10-,11-/m0/s1. The first-order valence-electron chi connectivity index (χ1n) is 6.60. The fourth-order valence-electron chi connectivity index (χ4n) is 2.36. The summed E-state index contributed by atoms with van der Waals surface area (Å²) in [4.78, 5) is 14.4. The lowest BCUT2D eigenvalue weighted by Gasteiger charge is -2.12. The van der Waals surface area contributed by atoms with Crippen molar-refractivity contribution in [3.63, 3.8) is 0 Å². The SMILES string of the molecule is CN(C)Cc1ccc(C(=O)[C@H]2C[C@@H]2/C(N=N)=N/N)cc1Cl. The van der Waals surface area contributed by atoms with Gasteiger partial charge in [0.25, 0.3) is 0 Å². The monoisotopic (exact) mass is 307 g/mol. The van der Waals surface area contributed by atoms with E-state index in [1.807, 2.05) is 25.1 Å². The van der Waals surface area contributed by atoms with Gasteiger partial charge >= 0.3 is 0 Å². The number of carbonyl (C=O) groups excluding carboxylic acids is 1. The summed E-state index contributed by atoms with van der Waals surface area (Å²) in [7, 11) is 3.92. The molecule has 2 rings (SSSR count). The molecule has 0 spiro atoms. The smallest absolute Gasteiger partial charge is 0.173 e. The Labute approximate surface area is 128 Å². The van der Waals surface area contributed by atoms with Gasteiger partial charge in [0, 0.05) is 29.0 Å². The summed E-state index contributed by atoms with van der Waals surface area (Å²) >= 11 is 6.23. The van der Waals surface area contributed by atoms with Crippen LogP contribution in [0, 0.1) is 17.4 Å². The summed E-state index contributed by atoms with van der Waals surface area (Å²) in [6.07, 6.45) is 0.633. The molecule has 0 unspecified atom stereocenters. The molecule has 0 saturated heterocycles. The van der Waals surface area contributed by atoms with E-state index in [1.165, 1.54) is 0 Å². The third-order valence-corrected chi connectivity index (χ3v) is 3.88. The number of hydrazone groups is 1. The van der Waals surface area contributed by atoms with E-state index >= 15 is 0 Å². The number of hydrogen-bond acceptors (Lipinski definition) is 5. The molecule has 1 aromatic carbocycles. The van der Waals surface area contributed by atoms with Gasteiger partial charge in [-0.25, -0.2) is 5.53 Å². The van der Waals surface area contributed by atoms with Crippen LogP contribution in [0.2, 0.25) is 5.02 Å². The van der Waals surface area contributed by atoms with Gasteiger partial charge in [-0.2, -0.15) is 5.10 Å². The van der Waals surface area contributed by atoms with Crippen LogP contribution >= 0.6 is 11.6 Å². The number of benzene rings is 1. The van der Waals surface area contributed by atoms with E-state index < -0.39 is 0 Å². The van der Waals surface area contributed by atoms with Crippen LogP contribution in [0.15, 0.2) is 28.4 Å². The number of ketones is 1. The van der Waals surface area contributed by atoms with Crippen LogP contribution in [-0.2, 0) is 6.54 Å². The number of nitrogens with zero attached hydrogens (tertiary/aromatic N) is 3. The van der Waals surface area contributed by atoms with Gasteiger partial charge in [0.1, 0.15) is 0 Å². The van der Waals surface area contributed by atoms with Crippen LogP contribution in [-0.4, -0.2) is 30.6 Å². The number of carbonyl (C=O) groups is 1. The first kappa shape index (κ1) is 15.6. The maximum Gasteiger partial charge on any atom is 0.173 e. The molecule has 1 saturated carbocycles. The van der Waals surface area contributed by atoms with Gasteiger partial charge in [-0.1, -0.05) is 23.7 Å². The van der Waals surface area contributed by atoms with Crippen LogP contribution in [0.1, 0.15) is 22.3 Å². The topological polar surface area (TPSA) is 94.9 Å². The largest absolute Gasteiger partial charge is 0.321 e. The van der Waals surface area contributed by atoms with Crippen LogP contribution in [0.5, 0.6) is 0 Å². The predicted octanol–water partition coefficient (Wildman–Crippen LogP) is 2.52. The van der Waals surface area contributed by atoms with Crippen molar-refractivity contribution < 1.29 is 4.79 Å². The number of rotatable bonds is 5. The van der Waals surface area contributed by atoms with Gasteiger partial charge in [-0.3, -0.25) is 4.79 Å². The second-order valence-electron chi connectivity index (χ2n) is 5.46. The Morgan fingerprint density at radius 1 is 1.48 bits per heavy atom. The second kappa shape index (κ2) is 6.32. The normalized spacial score (nSPS) is 21.4. The molecular formula is C14H18ClN5O. The summed E-state index contributed by atoms with van der Waals surface area (Å²) in [5, 5.41) is 7.28. The Morgan fingerprint density at radius 2 is 2.19 bits per heavy atom. The molecule has 1 aromatic rings. The lowest BCUT2D eigenvalue weighted by Crippen LogP contribution is -2.12. The molecule has 6 nitrogen and oxygen atoms in total. The minimum atomic E-state index is -0.197. The number of nitrogens with two attached hydrogens (primary N) is 1. The van der Waals surface area contributed by atoms with E-state index in [0.29, 0.717) is 17.0 Å². The van der Waals surface area contributed by atoms with E-state index in [-0.39, 0.29) is 23.5 Å². The molecule has 0 amide bonds. The molecule has 0 bridgehead atoms. The van der Waals surface area contributed by atoms with Crippen molar-refractivity contribution in [3.05, 3.63) is 34.3 Å². The summed E-state index contributed by atoms with van der Waals surface area (Å²) < 4.78 is 0. The third kappa shape index (κ3) is 3.46. The zero-order chi connectivity index (χ0) is 15.6. The molecule has 2 atom stereocenters. The highest BCUT2D eigenvalue weighted by molar-refractivity contribution is 6.31. The van der Waals surface area contributed by atoms with Gasteiger partial charge < -0.3 is 10.7 Å². The van der Waals surface area contributed by atoms with Crippen molar-refractivity contribution in [1.82, 2.24) is 4.90 Å². The molecule has 1 fully saturated rings. The van der Waals surface area contributed by atoms with Gasteiger partial charge in [-0.15, -0.1) is 5.11 Å². The van der Waals surface area contributed by atoms with Crippen molar-refractivity contribution in [2.45, 2.75) is 13.0 Å². The summed E-state index contributed by atoms with van der Waals surface area (Å²) in [5.74, 6) is 5.05. The second-order valence-corrected chi connectivity index (χ2v) is 5.86. The average molecular weight is 308 g/mol. The summed E-state index contributed by atoms with van der Waals surface area (Å²) in [6.45, 7) is 0.723. The predicted molar refractivity (Wildman–Crippen MR) is 81.5 cm³/mol. The maximum absolute atomic E-state index is 12.4. The number of halogens is 1. The Balaban J connectivity index is 2.11. The fourth-order valence-corrected chi connectivity index (χ4v) is 2.60. The highest BCUT2D eigenvalue weighted by Crippen LogP contribution is 2.42. The zero-order valence-corrected chi connectivity index (χ0v) is 12.8. The summed E-state index contributed by atoms with van der Waals surface area (Å²) in [5.41, 5.74) is 8.53. The minimum Gasteiger partial charge on any atom is -0.321 e. The van der Waals surface area contributed by atoms with Crippen molar-refractivity contribution in [2.24, 2.45) is 27.9 Å². The van der Waals surface area contributed by atoms with Gasteiger partial charge in [0.2, 0.25) is 0 Å². The first-order valence-corrected chi connectivity index (χ1v) is 6.98. The van der Waals surface area contributed by atoms with Crippen LogP contribution in [0.25, 0.3) is 0 Å². The van der Waals surface area contributed by atoms with Crippen LogP contribution < -0.4 is 5.84 Å². The zero-order valence-electron chi connectivity index (χ0n) is 12.0. The Hall–Kier alpha value is -1.79. The Kier molecular flexibility index (Phi) is 4.69. The van der Waals surface area contributed by atoms with Crippen molar-refractivity contribution in [1.29, 1.82) is 5.53 Å². The number of hydrogen-bond donors (Lipinski definition) is 2. The van der Waals surface area contributed by atoms with E-state index in [9.17, 15) is 4.79 Å². The van der Waals surface area contributed by atoms with E-state index in [2.05, 4.69) is 10.2 Å². The van der Waals surface area contributed by atoms with E-state index in [0.717, 1.165) is 12.1 Å². The molecule has 7 heteroatoms. The lowest BCUT2D eigenvalue weighted by molar-refractivity contribution is 0.0964. The molecule has 0 aromatic heterocycles. The minimum absolute atomic E-state index is 0.00287. The molecular weight excluding hydrogens is 290 g/mol. The van der Waals surface area contributed by atoms with Gasteiger partial charge in [-0.05, 0) is 32.1 Å². The number of amidine groups is 1. The third-order valence-electron chi connectivity index (χ3n) is 3.53. The Morgan fingerprint density at radius 3 is 2.71 bits per heavy atom.